The third kappa shape index (κ3) is 3.25. The zero-order chi connectivity index (χ0) is 14.9. The molecule has 1 atom stereocenters. The lowest BCUT2D eigenvalue weighted by atomic mass is 9.98. The molecule has 20 heavy (non-hydrogen) atoms. The Morgan fingerprint density at radius 3 is 2.35 bits per heavy atom. The first-order chi connectivity index (χ1) is 9.26. The van der Waals surface area contributed by atoms with Gasteiger partial charge in [0, 0.05) is 0 Å². The summed E-state index contributed by atoms with van der Waals surface area (Å²) in [4.78, 5) is 10.9. The van der Waals surface area contributed by atoms with E-state index in [1.54, 1.807) is 31.2 Å². The lowest BCUT2D eigenvalue weighted by Crippen LogP contribution is -2.07. The van der Waals surface area contributed by atoms with Crippen LogP contribution in [0.1, 0.15) is 18.4 Å². The first-order valence-electron chi connectivity index (χ1n) is 5.70. The van der Waals surface area contributed by atoms with Crippen LogP contribution < -0.4 is 4.18 Å². The standard InChI is InChI=1S/C13H12O6S/c1-8(13(14)15)9-2-3-11-7-12(19-20(16,17)18)5-4-10(11)6-9/h2-8H,1H3,(H,14,15)(H,16,17,18)/t8-/m0/s1. The van der Waals surface area contributed by atoms with Crippen LogP contribution in [0.4, 0.5) is 0 Å². The Hall–Kier alpha value is -2.12. The number of carbonyl (C=O) groups is 1. The van der Waals surface area contributed by atoms with E-state index in [9.17, 15) is 13.2 Å². The molecule has 0 aliphatic rings. The van der Waals surface area contributed by atoms with Crippen LogP contribution >= 0.6 is 0 Å². The highest BCUT2D eigenvalue weighted by Gasteiger charge is 2.14. The highest BCUT2D eigenvalue weighted by atomic mass is 32.3. The molecule has 0 bridgehead atoms. The van der Waals surface area contributed by atoms with Crippen LogP contribution in [0.2, 0.25) is 0 Å². The van der Waals surface area contributed by atoms with E-state index in [1.165, 1.54) is 12.1 Å². The zero-order valence-corrected chi connectivity index (χ0v) is 11.3. The van der Waals surface area contributed by atoms with Gasteiger partial charge < -0.3 is 9.29 Å². The van der Waals surface area contributed by atoms with Gasteiger partial charge in [-0.3, -0.25) is 9.35 Å². The molecule has 0 spiro atoms. The minimum Gasteiger partial charge on any atom is -0.481 e. The molecular weight excluding hydrogens is 284 g/mol. The van der Waals surface area contributed by atoms with Crippen LogP contribution in [0, 0.1) is 0 Å². The van der Waals surface area contributed by atoms with Gasteiger partial charge in [-0.2, -0.15) is 8.42 Å². The molecule has 0 unspecified atom stereocenters. The van der Waals surface area contributed by atoms with Gasteiger partial charge in [0.1, 0.15) is 5.75 Å². The van der Waals surface area contributed by atoms with Crippen molar-refractivity contribution in [3.8, 4) is 5.75 Å². The van der Waals surface area contributed by atoms with E-state index in [-0.39, 0.29) is 5.75 Å². The van der Waals surface area contributed by atoms with Crippen LogP contribution in [0.5, 0.6) is 5.75 Å². The second kappa shape index (κ2) is 5.10. The Balaban J connectivity index is 2.42. The monoisotopic (exact) mass is 296 g/mol. The number of rotatable bonds is 4. The molecule has 0 aliphatic heterocycles. The fraction of sp³-hybridized carbons (Fsp3) is 0.154. The fourth-order valence-electron chi connectivity index (χ4n) is 1.83. The zero-order valence-electron chi connectivity index (χ0n) is 10.5. The summed E-state index contributed by atoms with van der Waals surface area (Å²) in [5.74, 6) is -1.57. The second-order valence-electron chi connectivity index (χ2n) is 4.34. The molecule has 2 N–H and O–H groups in total. The smallest absolute Gasteiger partial charge is 0.446 e. The van der Waals surface area contributed by atoms with E-state index in [0.717, 1.165) is 5.39 Å². The highest BCUT2D eigenvalue weighted by Crippen LogP contribution is 2.25. The number of fused-ring (bicyclic) bond motifs is 1. The molecule has 7 heteroatoms. The van der Waals surface area contributed by atoms with E-state index >= 15 is 0 Å². The van der Waals surface area contributed by atoms with Gasteiger partial charge in [-0.1, -0.05) is 24.3 Å². The summed E-state index contributed by atoms with van der Waals surface area (Å²) in [5.41, 5.74) is 0.647. The molecule has 2 rings (SSSR count). The predicted octanol–water partition coefficient (Wildman–Crippen LogP) is 2.21. The van der Waals surface area contributed by atoms with Crippen LogP contribution in [0.25, 0.3) is 10.8 Å². The van der Waals surface area contributed by atoms with E-state index in [2.05, 4.69) is 4.18 Å². The lowest BCUT2D eigenvalue weighted by molar-refractivity contribution is -0.138. The van der Waals surface area contributed by atoms with Crippen LogP contribution in [-0.2, 0) is 15.2 Å². The average molecular weight is 296 g/mol. The second-order valence-corrected chi connectivity index (χ2v) is 5.36. The van der Waals surface area contributed by atoms with Gasteiger partial charge in [0.25, 0.3) is 0 Å². The van der Waals surface area contributed by atoms with Gasteiger partial charge in [0.05, 0.1) is 5.92 Å². The fourth-order valence-corrected chi connectivity index (χ4v) is 2.17. The number of benzene rings is 2. The van der Waals surface area contributed by atoms with Crippen molar-refractivity contribution in [2.75, 3.05) is 0 Å². The summed E-state index contributed by atoms with van der Waals surface area (Å²) in [7, 11) is -4.56. The maximum Gasteiger partial charge on any atom is 0.446 e. The SMILES string of the molecule is C[C@H](C(=O)O)c1ccc2cc(OS(=O)(=O)O)ccc2c1. The maximum absolute atomic E-state index is 10.9. The van der Waals surface area contributed by atoms with E-state index in [1.807, 2.05) is 0 Å². The summed E-state index contributed by atoms with van der Waals surface area (Å²) in [6.45, 7) is 1.58. The van der Waals surface area contributed by atoms with Gasteiger partial charge in [0.2, 0.25) is 0 Å². The first-order valence-corrected chi connectivity index (χ1v) is 7.06. The Bertz CT molecular complexity index is 766. The van der Waals surface area contributed by atoms with E-state index in [4.69, 9.17) is 9.66 Å². The van der Waals surface area contributed by atoms with Crippen molar-refractivity contribution in [3.05, 3.63) is 42.0 Å². The molecule has 0 saturated carbocycles. The normalized spacial score (nSPS) is 13.1. The third-order valence-corrected chi connectivity index (χ3v) is 3.31. The van der Waals surface area contributed by atoms with Gasteiger partial charge in [-0.25, -0.2) is 0 Å². The number of carboxylic acid groups (broad SMARTS) is 1. The summed E-state index contributed by atoms with van der Waals surface area (Å²) < 4.78 is 34.2. The van der Waals surface area contributed by atoms with Crippen LogP contribution in [0.3, 0.4) is 0 Å². The number of carboxylic acids is 1. The van der Waals surface area contributed by atoms with Crippen LogP contribution in [0.15, 0.2) is 36.4 Å². The molecule has 2 aromatic carbocycles. The molecular formula is C13H12O6S. The van der Waals surface area contributed by atoms with Crippen molar-refractivity contribution in [1.82, 2.24) is 0 Å². The quantitative estimate of drug-likeness (QED) is 0.839. The highest BCUT2D eigenvalue weighted by molar-refractivity contribution is 7.81. The molecule has 0 fully saturated rings. The Morgan fingerprint density at radius 2 is 1.75 bits per heavy atom. The molecule has 0 amide bonds. The van der Waals surface area contributed by atoms with Crippen molar-refractivity contribution < 1.29 is 27.1 Å². The Morgan fingerprint density at radius 1 is 1.15 bits per heavy atom. The van der Waals surface area contributed by atoms with Crippen molar-refractivity contribution >= 4 is 27.1 Å². The molecule has 0 aromatic heterocycles. The molecule has 0 saturated heterocycles. The Kier molecular flexibility index (Phi) is 3.65. The minimum absolute atomic E-state index is 0.0148. The van der Waals surface area contributed by atoms with Crippen molar-refractivity contribution in [3.63, 3.8) is 0 Å². The largest absolute Gasteiger partial charge is 0.481 e. The molecule has 0 radical (unpaired) electrons. The van der Waals surface area contributed by atoms with Gasteiger partial charge >= 0.3 is 16.4 Å². The van der Waals surface area contributed by atoms with E-state index < -0.39 is 22.3 Å². The molecule has 0 aliphatic carbocycles. The lowest BCUT2D eigenvalue weighted by Gasteiger charge is -2.09. The molecule has 2 aromatic rings. The molecule has 0 heterocycles. The molecule has 6 nitrogen and oxygen atoms in total. The third-order valence-electron chi connectivity index (χ3n) is 2.91. The maximum atomic E-state index is 10.9. The van der Waals surface area contributed by atoms with E-state index in [0.29, 0.717) is 10.9 Å². The number of hydrogen-bond donors (Lipinski definition) is 2. The minimum atomic E-state index is -4.56. The summed E-state index contributed by atoms with van der Waals surface area (Å²) in [6.07, 6.45) is 0. The summed E-state index contributed by atoms with van der Waals surface area (Å²) >= 11 is 0. The van der Waals surface area contributed by atoms with Gasteiger partial charge in [-0.05, 0) is 35.4 Å². The van der Waals surface area contributed by atoms with Crippen molar-refractivity contribution in [2.24, 2.45) is 0 Å². The number of aliphatic carboxylic acids is 1. The van der Waals surface area contributed by atoms with Gasteiger partial charge in [0.15, 0.2) is 0 Å². The summed E-state index contributed by atoms with van der Waals surface area (Å²) in [5, 5.41) is 10.4. The Labute approximate surface area is 115 Å². The summed E-state index contributed by atoms with van der Waals surface area (Å²) in [6, 6.07) is 9.45. The average Bonchev–Trinajstić information content (AvgIpc) is 2.35. The predicted molar refractivity (Wildman–Crippen MR) is 72.2 cm³/mol. The number of hydrogen-bond acceptors (Lipinski definition) is 4. The first kappa shape index (κ1) is 14.3. The van der Waals surface area contributed by atoms with Crippen LogP contribution in [-0.4, -0.2) is 24.0 Å². The van der Waals surface area contributed by atoms with Crippen molar-refractivity contribution in [2.45, 2.75) is 12.8 Å². The van der Waals surface area contributed by atoms with Crippen molar-refractivity contribution in [1.29, 1.82) is 0 Å². The topological polar surface area (TPSA) is 101 Å². The van der Waals surface area contributed by atoms with Gasteiger partial charge in [-0.15, -0.1) is 0 Å². The molecule has 106 valence electrons.